The molecule has 2 aromatic heterocycles. The minimum absolute atomic E-state index is 0.115. The van der Waals surface area contributed by atoms with E-state index in [0.717, 1.165) is 13.8 Å². The van der Waals surface area contributed by atoms with Crippen molar-refractivity contribution >= 4 is 32.7 Å². The van der Waals surface area contributed by atoms with E-state index in [9.17, 15) is 22.8 Å². The van der Waals surface area contributed by atoms with Gasteiger partial charge in [0.15, 0.2) is 0 Å². The predicted molar refractivity (Wildman–Crippen MR) is 78.8 cm³/mol. The molecule has 2 N–H and O–H groups in total. The average molecular weight is 380 g/mol. The predicted octanol–water partition coefficient (Wildman–Crippen LogP) is 2.70. The van der Waals surface area contributed by atoms with E-state index in [1.807, 2.05) is 5.32 Å². The van der Waals surface area contributed by atoms with Crippen LogP contribution in [0.5, 0.6) is 0 Å². The maximum atomic E-state index is 12.8. The Morgan fingerprint density at radius 1 is 1.36 bits per heavy atom. The van der Waals surface area contributed by atoms with E-state index in [1.54, 1.807) is 0 Å². The molecule has 0 aromatic carbocycles. The summed E-state index contributed by atoms with van der Waals surface area (Å²) in [5.74, 6) is -0.938. The van der Waals surface area contributed by atoms with Crippen molar-refractivity contribution in [2.75, 3.05) is 0 Å². The Morgan fingerprint density at radius 3 is 2.50 bits per heavy atom. The molecule has 0 spiro atoms. The van der Waals surface area contributed by atoms with Gasteiger partial charge in [0.2, 0.25) is 0 Å². The smallest absolute Gasteiger partial charge is 0.346 e. The Morgan fingerprint density at radius 2 is 1.95 bits per heavy atom. The number of carbonyl (C=O) groups excluding carboxylic acids is 1. The van der Waals surface area contributed by atoms with Crippen molar-refractivity contribution < 1.29 is 18.0 Å². The number of amides is 1. The molecule has 0 saturated carbocycles. The highest BCUT2D eigenvalue weighted by Gasteiger charge is 2.48. The van der Waals surface area contributed by atoms with E-state index in [2.05, 4.69) is 20.9 Å². The zero-order chi connectivity index (χ0) is 16.9. The molecule has 2 heterocycles. The highest BCUT2D eigenvalue weighted by Crippen LogP contribution is 2.30. The van der Waals surface area contributed by atoms with Crippen LogP contribution in [0.1, 0.15) is 24.3 Å². The molecule has 0 fully saturated rings. The normalized spacial score (nSPS) is 12.7. The van der Waals surface area contributed by atoms with Crippen LogP contribution in [0, 0.1) is 0 Å². The lowest BCUT2D eigenvalue weighted by atomic mass is 10.1. The molecule has 9 heteroatoms. The second-order valence-electron chi connectivity index (χ2n) is 5.44. The quantitative estimate of drug-likeness (QED) is 0.842. The fraction of sp³-hybridized carbons (Fsp3) is 0.385. The lowest BCUT2D eigenvalue weighted by molar-refractivity contribution is -0.182. The second kappa shape index (κ2) is 5.15. The summed E-state index contributed by atoms with van der Waals surface area (Å²) in [5, 5.41) is 2.34. The van der Waals surface area contributed by atoms with Crippen molar-refractivity contribution in [3.05, 3.63) is 32.8 Å². The van der Waals surface area contributed by atoms with Gasteiger partial charge >= 0.3 is 6.18 Å². The van der Waals surface area contributed by atoms with Crippen molar-refractivity contribution in [2.24, 2.45) is 7.05 Å². The summed E-state index contributed by atoms with van der Waals surface area (Å²) in [5.41, 5.74) is -2.74. The van der Waals surface area contributed by atoms with E-state index in [0.29, 0.717) is 9.86 Å². The van der Waals surface area contributed by atoms with Gasteiger partial charge in [-0.05, 0) is 35.8 Å². The first-order valence-corrected chi connectivity index (χ1v) is 7.00. The van der Waals surface area contributed by atoms with E-state index in [4.69, 9.17) is 0 Å². The van der Waals surface area contributed by atoms with Crippen LogP contribution in [0.4, 0.5) is 13.2 Å². The summed E-state index contributed by atoms with van der Waals surface area (Å²) < 4.78 is 40.3. The maximum Gasteiger partial charge on any atom is 0.410 e. The first kappa shape index (κ1) is 16.6. The number of H-pyrrole nitrogens is 1. The van der Waals surface area contributed by atoms with Crippen LogP contribution in [0.25, 0.3) is 10.9 Å². The number of carbonyl (C=O) groups is 1. The topological polar surface area (TPSA) is 66.9 Å². The average Bonchev–Trinajstić information content (AvgIpc) is 2.80. The molecule has 0 unspecified atom stereocenters. The summed E-state index contributed by atoms with van der Waals surface area (Å²) in [6.07, 6.45) is -3.08. The van der Waals surface area contributed by atoms with Crippen molar-refractivity contribution in [3.63, 3.8) is 0 Å². The van der Waals surface area contributed by atoms with E-state index in [1.165, 1.54) is 23.9 Å². The number of nitrogens with zero attached hydrogens (tertiary/aromatic N) is 1. The first-order valence-electron chi connectivity index (χ1n) is 6.21. The fourth-order valence-corrected chi connectivity index (χ4v) is 2.45. The summed E-state index contributed by atoms with van der Waals surface area (Å²) in [4.78, 5) is 26.6. The molecule has 0 bridgehead atoms. The largest absolute Gasteiger partial charge is 0.410 e. The van der Waals surface area contributed by atoms with Gasteiger partial charge in [-0.2, -0.15) is 13.2 Å². The number of hydrogen-bond donors (Lipinski definition) is 2. The van der Waals surface area contributed by atoms with Crippen molar-refractivity contribution in [1.82, 2.24) is 14.9 Å². The van der Waals surface area contributed by atoms with Crippen LogP contribution in [0.2, 0.25) is 0 Å². The molecule has 120 valence electrons. The summed E-state index contributed by atoms with van der Waals surface area (Å²) in [7, 11) is 1.53. The molecule has 0 radical (unpaired) electrons. The number of aromatic amines is 1. The van der Waals surface area contributed by atoms with E-state index >= 15 is 0 Å². The molecule has 1 amide bonds. The van der Waals surface area contributed by atoms with Crippen molar-refractivity contribution in [2.45, 2.75) is 25.6 Å². The van der Waals surface area contributed by atoms with Gasteiger partial charge in [0.1, 0.15) is 16.7 Å². The minimum atomic E-state index is -4.59. The van der Waals surface area contributed by atoms with Gasteiger partial charge in [-0.25, -0.2) is 0 Å². The van der Waals surface area contributed by atoms with Gasteiger partial charge in [0.25, 0.3) is 11.5 Å². The number of aromatic nitrogens is 2. The molecule has 5 nitrogen and oxygen atoms in total. The van der Waals surface area contributed by atoms with Crippen LogP contribution < -0.4 is 10.9 Å². The van der Waals surface area contributed by atoms with Crippen LogP contribution in [0.3, 0.4) is 0 Å². The maximum absolute atomic E-state index is 12.8. The summed E-state index contributed by atoms with van der Waals surface area (Å²) in [6.45, 7) is 1.73. The number of pyridine rings is 1. The minimum Gasteiger partial charge on any atom is -0.346 e. The van der Waals surface area contributed by atoms with E-state index in [-0.39, 0.29) is 16.8 Å². The summed E-state index contributed by atoms with van der Waals surface area (Å²) >= 11 is 3.25. The van der Waals surface area contributed by atoms with E-state index < -0.39 is 17.6 Å². The molecule has 2 aromatic rings. The molecule has 0 atom stereocenters. The molecule has 0 saturated heterocycles. The van der Waals surface area contributed by atoms with Gasteiger partial charge in [-0.15, -0.1) is 0 Å². The number of alkyl halides is 3. The Bertz CT molecular complexity index is 805. The van der Waals surface area contributed by atoms with Crippen molar-refractivity contribution in [3.8, 4) is 0 Å². The van der Waals surface area contributed by atoms with Gasteiger partial charge in [-0.3, -0.25) is 9.59 Å². The number of rotatable bonds is 2. The number of nitrogens with one attached hydrogen (secondary N) is 2. The summed E-state index contributed by atoms with van der Waals surface area (Å²) in [6, 6.07) is 1.34. The SMILES string of the molecule is Cn1cc(Br)c2cc(C(=O)NC(C)(C)C(F)(F)F)[nH]c2c1=O. The van der Waals surface area contributed by atoms with Crippen LogP contribution in [-0.4, -0.2) is 27.2 Å². The zero-order valence-corrected chi connectivity index (χ0v) is 13.5. The van der Waals surface area contributed by atoms with Crippen LogP contribution >= 0.6 is 15.9 Å². The fourth-order valence-electron chi connectivity index (χ4n) is 1.83. The molecule has 0 aliphatic carbocycles. The lowest BCUT2D eigenvalue weighted by Gasteiger charge is -2.28. The number of fused-ring (bicyclic) bond motifs is 1. The second-order valence-corrected chi connectivity index (χ2v) is 6.30. The molecule has 0 aliphatic heterocycles. The van der Waals surface area contributed by atoms with Crippen molar-refractivity contribution in [1.29, 1.82) is 0 Å². The Hall–Kier alpha value is -1.77. The number of halogens is 4. The van der Waals surface area contributed by atoms with Gasteiger partial charge < -0.3 is 14.9 Å². The molecule has 2 rings (SSSR count). The van der Waals surface area contributed by atoms with Crippen LogP contribution in [-0.2, 0) is 7.05 Å². The number of aryl methyl sites for hydroxylation is 1. The van der Waals surface area contributed by atoms with Gasteiger partial charge in [-0.1, -0.05) is 0 Å². The third kappa shape index (κ3) is 2.77. The monoisotopic (exact) mass is 379 g/mol. The highest BCUT2D eigenvalue weighted by molar-refractivity contribution is 9.10. The molecular weight excluding hydrogens is 367 g/mol. The molecular formula is C13H13BrF3N3O2. The lowest BCUT2D eigenvalue weighted by Crippen LogP contribution is -2.54. The van der Waals surface area contributed by atoms with Gasteiger partial charge in [0, 0.05) is 23.1 Å². The standard InChI is InChI=1S/C13H13BrF3N3O2/c1-12(2,13(15,16)17)19-10(21)8-4-6-7(14)5-20(3)11(22)9(6)18-8/h4-5,18H,1-3H3,(H,19,21). The zero-order valence-electron chi connectivity index (χ0n) is 11.9. The third-order valence-corrected chi connectivity index (χ3v) is 3.93. The molecule has 0 aliphatic rings. The third-order valence-electron chi connectivity index (χ3n) is 3.30. The number of hydrogen-bond acceptors (Lipinski definition) is 2. The van der Waals surface area contributed by atoms with Crippen LogP contribution in [0.15, 0.2) is 21.5 Å². The van der Waals surface area contributed by atoms with Gasteiger partial charge in [0.05, 0.1) is 0 Å². The molecule has 22 heavy (non-hydrogen) atoms. The Balaban J connectivity index is 2.45. The Kier molecular flexibility index (Phi) is 3.88. The first-order chi connectivity index (χ1) is 9.94. The highest BCUT2D eigenvalue weighted by atomic mass is 79.9. The Labute approximate surface area is 131 Å².